The number of hydrogen-bond acceptors (Lipinski definition) is 5. The van der Waals surface area contributed by atoms with Crippen molar-refractivity contribution in [2.75, 3.05) is 7.11 Å². The second-order valence-corrected chi connectivity index (χ2v) is 13.8. The van der Waals surface area contributed by atoms with Crippen LogP contribution in [0.3, 0.4) is 0 Å². The summed E-state index contributed by atoms with van der Waals surface area (Å²) in [5, 5.41) is 0. The lowest BCUT2D eigenvalue weighted by atomic mass is 10.1. The molecule has 0 heterocycles. The van der Waals surface area contributed by atoms with Crippen molar-refractivity contribution in [2.45, 2.75) is 29.3 Å². The molecule has 218 valence electrons. The molecule has 0 atom stereocenters. The van der Waals surface area contributed by atoms with E-state index in [9.17, 15) is 35.1 Å². The average Bonchev–Trinajstić information content (AvgIpc) is 2.87. The molecule has 0 aliphatic heterocycles. The lowest BCUT2D eigenvalue weighted by Gasteiger charge is -2.24. The number of rotatable bonds is 11. The fourth-order valence-corrected chi connectivity index (χ4v) is 5.92. The van der Waals surface area contributed by atoms with Gasteiger partial charge in [-0.2, -0.15) is 21.9 Å². The number of benzene rings is 3. The van der Waals surface area contributed by atoms with E-state index in [-0.39, 0.29) is 21.8 Å². The van der Waals surface area contributed by atoms with Crippen LogP contribution in [0, 0.1) is 0 Å². The van der Waals surface area contributed by atoms with Gasteiger partial charge >= 0.3 is 26.5 Å². The van der Waals surface area contributed by atoms with Crippen LogP contribution >= 0.6 is 15.2 Å². The lowest BCUT2D eigenvalue weighted by Crippen LogP contribution is -2.30. The first-order valence-electron chi connectivity index (χ1n) is 11.0. The number of nitrogens with zero attached hydrogens (tertiary/aromatic N) is 1. The summed E-state index contributed by atoms with van der Waals surface area (Å²) in [5.41, 5.74) is -10.7. The van der Waals surface area contributed by atoms with Crippen LogP contribution in [0.2, 0.25) is 0 Å². The zero-order chi connectivity index (χ0) is 30.1. The zero-order valence-corrected chi connectivity index (χ0v) is 23.0. The van der Waals surface area contributed by atoms with Crippen molar-refractivity contribution in [3.05, 3.63) is 95.1 Å². The van der Waals surface area contributed by atoms with Crippen molar-refractivity contribution in [1.82, 2.24) is 4.31 Å². The maximum Gasteiger partial charge on any atom is 0.399 e. The van der Waals surface area contributed by atoms with E-state index in [1.807, 2.05) is 0 Å². The third-order valence-electron chi connectivity index (χ3n) is 5.73. The smallest absolute Gasteiger partial charge is 0.399 e. The second-order valence-electron chi connectivity index (χ2n) is 8.52. The fourth-order valence-electron chi connectivity index (χ4n) is 3.50. The number of hydrogen-bond donors (Lipinski definition) is 4. The van der Waals surface area contributed by atoms with Gasteiger partial charge in [0.05, 0.1) is 12.0 Å². The molecule has 0 spiro atoms. The first-order valence-corrected chi connectivity index (χ1v) is 15.7. The molecule has 0 aliphatic carbocycles. The van der Waals surface area contributed by atoms with Gasteiger partial charge in [0.25, 0.3) is 0 Å². The summed E-state index contributed by atoms with van der Waals surface area (Å²) in [7, 11) is -14.7. The van der Waals surface area contributed by atoms with E-state index in [4.69, 9.17) is 24.3 Å². The Morgan fingerprint density at radius 3 is 1.50 bits per heavy atom. The molecule has 40 heavy (non-hydrogen) atoms. The molecule has 10 nitrogen and oxygen atoms in total. The molecule has 0 aliphatic rings. The van der Waals surface area contributed by atoms with Crippen LogP contribution in [0.5, 0.6) is 5.75 Å². The third kappa shape index (κ3) is 6.64. The number of halogens is 4. The Bertz CT molecular complexity index is 1480. The van der Waals surface area contributed by atoms with Crippen LogP contribution in [0.4, 0.5) is 17.6 Å². The molecule has 0 unspecified atom stereocenters. The summed E-state index contributed by atoms with van der Waals surface area (Å²) in [6, 6.07) is 12.5. The van der Waals surface area contributed by atoms with Crippen molar-refractivity contribution in [1.29, 1.82) is 0 Å². The van der Waals surface area contributed by atoms with E-state index in [1.54, 1.807) is 0 Å². The molecule has 3 rings (SSSR count). The highest BCUT2D eigenvalue weighted by molar-refractivity contribution is 7.89. The Hall–Kier alpha value is -2.61. The number of methoxy groups -OCH3 is 1. The van der Waals surface area contributed by atoms with Crippen LogP contribution in [0.15, 0.2) is 77.7 Å². The summed E-state index contributed by atoms with van der Waals surface area (Å²) in [6.07, 6.45) is 0. The molecule has 3 aromatic carbocycles. The van der Waals surface area contributed by atoms with Crippen LogP contribution in [0.1, 0.15) is 22.3 Å². The van der Waals surface area contributed by atoms with Gasteiger partial charge in [0.2, 0.25) is 10.0 Å². The van der Waals surface area contributed by atoms with Gasteiger partial charge in [-0.3, -0.25) is 9.13 Å². The lowest BCUT2D eigenvalue weighted by molar-refractivity contribution is 0.0564. The largest absolute Gasteiger partial charge is 0.497 e. The van der Waals surface area contributed by atoms with Crippen molar-refractivity contribution in [3.63, 3.8) is 0 Å². The van der Waals surface area contributed by atoms with E-state index in [0.717, 1.165) is 52.8 Å². The molecule has 0 bridgehead atoms. The minimum atomic E-state index is -5.83. The van der Waals surface area contributed by atoms with Crippen molar-refractivity contribution in [3.8, 4) is 5.75 Å². The van der Waals surface area contributed by atoms with E-state index in [2.05, 4.69) is 0 Å². The van der Waals surface area contributed by atoms with Gasteiger partial charge in [-0.15, -0.1) is 0 Å². The van der Waals surface area contributed by atoms with Gasteiger partial charge in [0, 0.05) is 30.3 Å². The molecule has 0 radical (unpaired) electrons. The quantitative estimate of drug-likeness (QED) is 0.177. The summed E-state index contributed by atoms with van der Waals surface area (Å²) >= 11 is 0. The molecule has 17 heteroatoms. The van der Waals surface area contributed by atoms with Crippen LogP contribution in [0.25, 0.3) is 0 Å². The molecule has 0 saturated carbocycles. The summed E-state index contributed by atoms with van der Waals surface area (Å²) in [4.78, 5) is 35.5. The minimum Gasteiger partial charge on any atom is -0.497 e. The zero-order valence-electron chi connectivity index (χ0n) is 20.4. The SMILES string of the molecule is COc1cccc(S(=O)(=O)N(Cc2ccc(C(F)(F)P(=O)(O)O)cc2)Cc2ccc(C(F)(F)P(=O)(O)O)cc2)c1. The molecular weight excluding hydrogens is 604 g/mol. The van der Waals surface area contributed by atoms with Gasteiger partial charge in [0.1, 0.15) is 5.75 Å². The Balaban J connectivity index is 2.00. The number of ether oxygens (including phenoxy) is 1. The average molecular weight is 627 g/mol. The summed E-state index contributed by atoms with van der Waals surface area (Å²) in [6.45, 7) is -0.886. The Morgan fingerprint density at radius 1 is 0.750 bits per heavy atom. The standard InChI is InChI=1S/C23H23F4NO9P2S/c1-37-20-3-2-4-21(13-20)40(35,36)28(14-16-5-9-18(10-6-16)22(24,25)38(29,30)31)15-17-7-11-19(12-8-17)23(26,27)39(32,33)34/h2-13H,14-15H2,1H3,(H2,29,30,31)(H2,32,33,34). The predicted molar refractivity (Wildman–Crippen MR) is 134 cm³/mol. The first-order chi connectivity index (χ1) is 18.3. The molecule has 3 aromatic rings. The molecule has 0 aromatic heterocycles. The first kappa shape index (κ1) is 31.9. The third-order valence-corrected chi connectivity index (χ3v) is 9.50. The van der Waals surface area contributed by atoms with E-state index >= 15 is 0 Å². The topological polar surface area (TPSA) is 162 Å². The molecule has 0 amide bonds. The Morgan fingerprint density at radius 2 is 1.15 bits per heavy atom. The minimum absolute atomic E-state index is 0.140. The number of sulfonamides is 1. The van der Waals surface area contributed by atoms with Gasteiger partial charge in [0.15, 0.2) is 0 Å². The van der Waals surface area contributed by atoms with Gasteiger partial charge in [-0.25, -0.2) is 8.42 Å². The van der Waals surface area contributed by atoms with Crippen molar-refractivity contribution < 1.29 is 59.4 Å². The monoisotopic (exact) mass is 627 g/mol. The predicted octanol–water partition coefficient (Wildman–Crippen LogP) is 4.54. The van der Waals surface area contributed by atoms with Gasteiger partial charge in [-0.1, -0.05) is 54.6 Å². The Labute approximate surface area is 226 Å². The highest BCUT2D eigenvalue weighted by atomic mass is 32.2. The maximum atomic E-state index is 14.0. The Kier molecular flexibility index (Phi) is 9.05. The highest BCUT2D eigenvalue weighted by Gasteiger charge is 2.51. The molecule has 0 fully saturated rings. The molecule has 4 N–H and O–H groups in total. The van der Waals surface area contributed by atoms with Crippen LogP contribution in [-0.2, 0) is 43.6 Å². The van der Waals surface area contributed by atoms with E-state index < -0.39 is 60.8 Å². The van der Waals surface area contributed by atoms with Crippen molar-refractivity contribution in [2.24, 2.45) is 0 Å². The van der Waals surface area contributed by atoms with Gasteiger partial charge < -0.3 is 24.3 Å². The number of alkyl halides is 4. The normalized spacial score (nSPS) is 13.4. The van der Waals surface area contributed by atoms with E-state index in [1.165, 1.54) is 31.4 Å². The maximum absolute atomic E-state index is 14.0. The second kappa shape index (κ2) is 11.3. The fraction of sp³-hybridized carbons (Fsp3) is 0.217. The summed E-state index contributed by atoms with van der Waals surface area (Å²) in [5.74, 6) is 0.203. The van der Waals surface area contributed by atoms with Crippen LogP contribution < -0.4 is 4.74 Å². The van der Waals surface area contributed by atoms with E-state index in [0.29, 0.717) is 0 Å². The van der Waals surface area contributed by atoms with Crippen molar-refractivity contribution >= 4 is 25.2 Å². The molecular formula is C23H23F4NO9P2S. The van der Waals surface area contributed by atoms with Crippen LogP contribution in [-0.4, -0.2) is 39.4 Å². The molecule has 0 saturated heterocycles. The summed E-state index contributed by atoms with van der Waals surface area (Å²) < 4.78 is 111. The highest BCUT2D eigenvalue weighted by Crippen LogP contribution is 2.60. The van der Waals surface area contributed by atoms with Gasteiger partial charge in [-0.05, 0) is 23.3 Å².